The van der Waals surface area contributed by atoms with Gasteiger partial charge in [-0.05, 0) is 37.8 Å². The Bertz CT molecular complexity index is 669. The van der Waals surface area contributed by atoms with Crippen molar-refractivity contribution in [3.8, 4) is 11.5 Å². The van der Waals surface area contributed by atoms with E-state index in [4.69, 9.17) is 9.47 Å². The summed E-state index contributed by atoms with van der Waals surface area (Å²) in [5, 5.41) is 3.02. The molecule has 1 fully saturated rings. The summed E-state index contributed by atoms with van der Waals surface area (Å²) in [4.78, 5) is 27.0. The molecule has 1 aromatic carbocycles. The number of ether oxygens (including phenoxy) is 2. The molecule has 150 valence electrons. The van der Waals surface area contributed by atoms with Crippen molar-refractivity contribution in [3.63, 3.8) is 0 Å². The summed E-state index contributed by atoms with van der Waals surface area (Å²) in [6, 6.07) is 3.54. The molecule has 0 saturated carbocycles. The van der Waals surface area contributed by atoms with Gasteiger partial charge in [-0.1, -0.05) is 20.8 Å². The van der Waals surface area contributed by atoms with E-state index in [2.05, 4.69) is 5.32 Å². The molecule has 0 bridgehead atoms. The van der Waals surface area contributed by atoms with Crippen molar-refractivity contribution >= 4 is 11.8 Å². The standard InChI is InChI=1S/C21H32N2O4/c1-14-17(26-5)10-16(11-18(14)27-6)19(24)23-9-7-8-15(13-23)12-22-20(25)21(2,3)4/h10-11,15H,7-9,12-13H2,1-6H3,(H,22,25). The van der Waals surface area contributed by atoms with E-state index in [0.29, 0.717) is 30.2 Å². The molecule has 1 atom stereocenters. The third kappa shape index (κ3) is 5.15. The SMILES string of the molecule is COc1cc(C(=O)N2CCCC(CNC(=O)C(C)(C)C)C2)cc(OC)c1C. The summed E-state index contributed by atoms with van der Waals surface area (Å²) in [6.07, 6.45) is 1.94. The lowest BCUT2D eigenvalue weighted by Gasteiger charge is -2.33. The van der Waals surface area contributed by atoms with Crippen molar-refractivity contribution in [1.29, 1.82) is 0 Å². The van der Waals surface area contributed by atoms with Gasteiger partial charge in [-0.2, -0.15) is 0 Å². The van der Waals surface area contributed by atoms with E-state index in [0.717, 1.165) is 24.9 Å². The molecule has 0 aromatic heterocycles. The molecule has 6 nitrogen and oxygen atoms in total. The number of amides is 2. The Kier molecular flexibility index (Phi) is 6.73. The molecule has 1 saturated heterocycles. The largest absolute Gasteiger partial charge is 0.496 e. The van der Waals surface area contributed by atoms with Crippen LogP contribution < -0.4 is 14.8 Å². The number of piperidine rings is 1. The molecule has 0 radical (unpaired) electrons. The van der Waals surface area contributed by atoms with Crippen molar-refractivity contribution in [2.45, 2.75) is 40.5 Å². The minimum atomic E-state index is -0.404. The Hall–Kier alpha value is -2.24. The first-order valence-electron chi connectivity index (χ1n) is 9.47. The predicted molar refractivity (Wildman–Crippen MR) is 105 cm³/mol. The fourth-order valence-electron chi connectivity index (χ4n) is 3.31. The van der Waals surface area contributed by atoms with E-state index in [1.165, 1.54) is 0 Å². The second-order valence-electron chi connectivity index (χ2n) is 8.23. The normalized spacial score (nSPS) is 17.4. The zero-order chi connectivity index (χ0) is 20.2. The van der Waals surface area contributed by atoms with Gasteiger partial charge in [0.25, 0.3) is 5.91 Å². The first-order valence-corrected chi connectivity index (χ1v) is 9.47. The molecule has 1 heterocycles. The van der Waals surface area contributed by atoms with Crippen LogP contribution in [0.4, 0.5) is 0 Å². The minimum Gasteiger partial charge on any atom is -0.496 e. The van der Waals surface area contributed by atoms with Crippen LogP contribution >= 0.6 is 0 Å². The predicted octanol–water partition coefficient (Wildman–Crippen LogP) is 3.03. The monoisotopic (exact) mass is 376 g/mol. The van der Waals surface area contributed by atoms with E-state index < -0.39 is 5.41 Å². The molecule has 2 amide bonds. The van der Waals surface area contributed by atoms with Gasteiger partial charge in [0.2, 0.25) is 5.91 Å². The fourth-order valence-corrected chi connectivity index (χ4v) is 3.31. The lowest BCUT2D eigenvalue weighted by molar-refractivity contribution is -0.128. The van der Waals surface area contributed by atoms with E-state index in [1.807, 2.05) is 32.6 Å². The summed E-state index contributed by atoms with van der Waals surface area (Å²) in [6.45, 7) is 9.57. The van der Waals surface area contributed by atoms with Crippen LogP contribution in [0.2, 0.25) is 0 Å². The van der Waals surface area contributed by atoms with Crippen molar-refractivity contribution in [3.05, 3.63) is 23.3 Å². The van der Waals surface area contributed by atoms with Gasteiger partial charge in [0.15, 0.2) is 0 Å². The van der Waals surface area contributed by atoms with Crippen LogP contribution in [-0.4, -0.2) is 50.6 Å². The number of rotatable bonds is 5. The number of likely N-dealkylation sites (tertiary alicyclic amines) is 1. The number of carbonyl (C=O) groups excluding carboxylic acids is 2. The van der Waals surface area contributed by atoms with E-state index in [-0.39, 0.29) is 17.7 Å². The highest BCUT2D eigenvalue weighted by atomic mass is 16.5. The summed E-state index contributed by atoms with van der Waals surface area (Å²) < 4.78 is 10.8. The van der Waals surface area contributed by atoms with Crippen molar-refractivity contribution in [2.75, 3.05) is 33.9 Å². The number of nitrogens with one attached hydrogen (secondary N) is 1. The first kappa shape index (κ1) is 21.1. The molecule has 27 heavy (non-hydrogen) atoms. The molecule has 0 aliphatic carbocycles. The molecule has 1 aromatic rings. The van der Waals surface area contributed by atoms with Gasteiger partial charge < -0.3 is 19.7 Å². The van der Waals surface area contributed by atoms with E-state index >= 15 is 0 Å². The number of hydrogen-bond donors (Lipinski definition) is 1. The van der Waals surface area contributed by atoms with E-state index in [1.54, 1.807) is 26.4 Å². The fraction of sp³-hybridized carbons (Fsp3) is 0.619. The van der Waals surface area contributed by atoms with Crippen LogP contribution in [-0.2, 0) is 4.79 Å². The van der Waals surface area contributed by atoms with Gasteiger partial charge in [-0.15, -0.1) is 0 Å². The van der Waals surface area contributed by atoms with Crippen LogP contribution in [0.15, 0.2) is 12.1 Å². The van der Waals surface area contributed by atoms with Gasteiger partial charge >= 0.3 is 0 Å². The average Bonchev–Trinajstić information content (AvgIpc) is 2.65. The summed E-state index contributed by atoms with van der Waals surface area (Å²) >= 11 is 0. The number of carbonyl (C=O) groups is 2. The van der Waals surface area contributed by atoms with Gasteiger partial charge in [-0.3, -0.25) is 9.59 Å². The Balaban J connectivity index is 2.07. The smallest absolute Gasteiger partial charge is 0.254 e. The maximum atomic E-state index is 13.0. The molecular weight excluding hydrogens is 344 g/mol. The zero-order valence-corrected chi connectivity index (χ0v) is 17.3. The molecule has 1 N–H and O–H groups in total. The van der Waals surface area contributed by atoms with Crippen molar-refractivity contribution in [2.24, 2.45) is 11.3 Å². The van der Waals surface area contributed by atoms with Crippen LogP contribution in [0, 0.1) is 18.3 Å². The van der Waals surface area contributed by atoms with Gasteiger partial charge in [0.1, 0.15) is 11.5 Å². The van der Waals surface area contributed by atoms with Crippen molar-refractivity contribution < 1.29 is 19.1 Å². The highest BCUT2D eigenvalue weighted by Crippen LogP contribution is 2.30. The van der Waals surface area contributed by atoms with Crippen molar-refractivity contribution in [1.82, 2.24) is 10.2 Å². The van der Waals surface area contributed by atoms with Crippen LogP contribution in [0.3, 0.4) is 0 Å². The Morgan fingerprint density at radius 2 is 1.78 bits per heavy atom. The quantitative estimate of drug-likeness (QED) is 0.858. The van der Waals surface area contributed by atoms with Crippen LogP contribution in [0.1, 0.15) is 49.5 Å². The highest BCUT2D eigenvalue weighted by Gasteiger charge is 2.27. The summed E-state index contributed by atoms with van der Waals surface area (Å²) in [7, 11) is 3.18. The van der Waals surface area contributed by atoms with Crippen LogP contribution in [0.25, 0.3) is 0 Å². The molecule has 6 heteroatoms. The molecule has 1 aliphatic rings. The minimum absolute atomic E-state index is 0.0292. The molecule has 1 aliphatic heterocycles. The Morgan fingerprint density at radius 1 is 1.19 bits per heavy atom. The molecule has 1 unspecified atom stereocenters. The lowest BCUT2D eigenvalue weighted by Crippen LogP contribution is -2.45. The van der Waals surface area contributed by atoms with Crippen LogP contribution in [0.5, 0.6) is 11.5 Å². The maximum absolute atomic E-state index is 13.0. The second-order valence-corrected chi connectivity index (χ2v) is 8.23. The van der Waals surface area contributed by atoms with Gasteiger partial charge in [0.05, 0.1) is 14.2 Å². The third-order valence-corrected chi connectivity index (χ3v) is 5.04. The summed E-state index contributed by atoms with van der Waals surface area (Å²) in [5.74, 6) is 1.56. The zero-order valence-electron chi connectivity index (χ0n) is 17.3. The third-order valence-electron chi connectivity index (χ3n) is 5.04. The molecule has 0 spiro atoms. The number of hydrogen-bond acceptors (Lipinski definition) is 4. The first-order chi connectivity index (χ1) is 12.7. The number of benzene rings is 1. The maximum Gasteiger partial charge on any atom is 0.254 e. The second kappa shape index (κ2) is 8.63. The van der Waals surface area contributed by atoms with Gasteiger partial charge in [0, 0.05) is 36.2 Å². The molecular formula is C21H32N2O4. The average molecular weight is 376 g/mol. The van der Waals surface area contributed by atoms with Gasteiger partial charge in [-0.25, -0.2) is 0 Å². The lowest BCUT2D eigenvalue weighted by atomic mass is 9.93. The Morgan fingerprint density at radius 3 is 2.30 bits per heavy atom. The van der Waals surface area contributed by atoms with E-state index in [9.17, 15) is 9.59 Å². The number of methoxy groups -OCH3 is 2. The number of nitrogens with zero attached hydrogens (tertiary/aromatic N) is 1. The topological polar surface area (TPSA) is 67.9 Å². The molecule has 2 rings (SSSR count). The highest BCUT2D eigenvalue weighted by molar-refractivity contribution is 5.95. The Labute approximate surface area is 162 Å². The summed E-state index contributed by atoms with van der Waals surface area (Å²) in [5.41, 5.74) is 1.03.